The molecule has 28 heavy (non-hydrogen) atoms. The molecule has 1 spiro atoms. The van der Waals surface area contributed by atoms with E-state index >= 15 is 0 Å². The van der Waals surface area contributed by atoms with Gasteiger partial charge in [-0.15, -0.1) is 0 Å². The van der Waals surface area contributed by atoms with E-state index in [9.17, 15) is 19.8 Å². The van der Waals surface area contributed by atoms with Crippen molar-refractivity contribution in [3.05, 3.63) is 24.3 Å². The van der Waals surface area contributed by atoms with E-state index < -0.39 is 48.4 Å². The number of aliphatic hydroxyl groups is 2. The van der Waals surface area contributed by atoms with Crippen LogP contribution in [0.25, 0.3) is 0 Å². The molecule has 2 saturated heterocycles. The van der Waals surface area contributed by atoms with Crippen LogP contribution in [0.15, 0.2) is 24.3 Å². The highest BCUT2D eigenvalue weighted by molar-refractivity contribution is 5.88. The molecule has 0 aromatic rings. The summed E-state index contributed by atoms with van der Waals surface area (Å²) in [4.78, 5) is 25.2. The number of aliphatic hydroxyl groups excluding tert-OH is 2. The standard InChI is InChI=1S/C21H28O7/c1-9-5-15(26-19(24)10(2)8-22)17-18(16-12(4)14(23)6-13(9)16)27-20(25)21(17)7-11(3)28-21/h11-18,22-23H,1-2,5-8H2,3-4H3/t11-,12-,13+,14+,15+,16+,17-,18-,21+/m1/s1. The zero-order valence-corrected chi connectivity index (χ0v) is 16.3. The molecule has 2 heterocycles. The second-order valence-electron chi connectivity index (χ2n) is 8.83. The van der Waals surface area contributed by atoms with Gasteiger partial charge in [0, 0.05) is 18.8 Å². The van der Waals surface area contributed by atoms with Crippen molar-refractivity contribution < 1.29 is 34.0 Å². The Kier molecular flexibility index (Phi) is 4.68. The van der Waals surface area contributed by atoms with E-state index in [0.717, 1.165) is 5.57 Å². The maximum Gasteiger partial charge on any atom is 0.339 e. The molecule has 4 rings (SSSR count). The van der Waals surface area contributed by atoms with E-state index in [4.69, 9.17) is 14.2 Å². The van der Waals surface area contributed by atoms with Crippen molar-refractivity contribution in [2.24, 2.45) is 23.7 Å². The average molecular weight is 392 g/mol. The van der Waals surface area contributed by atoms with Gasteiger partial charge in [0.05, 0.1) is 30.3 Å². The molecule has 0 unspecified atom stereocenters. The molecular formula is C21H28O7. The third kappa shape index (κ3) is 2.67. The largest absolute Gasteiger partial charge is 0.459 e. The highest BCUT2D eigenvalue weighted by atomic mass is 16.6. The minimum Gasteiger partial charge on any atom is -0.459 e. The first kappa shape index (κ1) is 19.6. The zero-order valence-electron chi connectivity index (χ0n) is 16.3. The number of fused-ring (bicyclic) bond motifs is 4. The number of carbonyl (C=O) groups is 2. The van der Waals surface area contributed by atoms with Gasteiger partial charge in [-0.25, -0.2) is 9.59 Å². The predicted octanol–water partition coefficient (Wildman–Crippen LogP) is 1.13. The normalized spacial score (nSPS) is 47.0. The molecule has 2 aliphatic carbocycles. The van der Waals surface area contributed by atoms with Gasteiger partial charge in [-0.05, 0) is 25.2 Å². The summed E-state index contributed by atoms with van der Waals surface area (Å²) >= 11 is 0. The van der Waals surface area contributed by atoms with Crippen LogP contribution in [0.3, 0.4) is 0 Å². The SMILES string of the molecule is C=C(CO)C(=O)O[C@H]1CC(=C)[C@@H]2C[C@H](O)[C@@H](C)[C@@H]2[C@H]2OC(=O)[C@]3(C[C@@H](C)O3)[C@@H]21. The Labute approximate surface area is 164 Å². The summed E-state index contributed by atoms with van der Waals surface area (Å²) in [6, 6.07) is 0. The molecule has 0 aromatic carbocycles. The second-order valence-corrected chi connectivity index (χ2v) is 8.83. The fraction of sp³-hybridized carbons (Fsp3) is 0.714. The van der Waals surface area contributed by atoms with Crippen molar-refractivity contribution in [1.29, 1.82) is 0 Å². The van der Waals surface area contributed by atoms with E-state index in [1.807, 2.05) is 13.8 Å². The number of rotatable bonds is 3. The van der Waals surface area contributed by atoms with Gasteiger partial charge in [0.2, 0.25) is 0 Å². The number of ether oxygens (including phenoxy) is 3. The summed E-state index contributed by atoms with van der Waals surface area (Å²) in [6.07, 6.45) is -0.329. The van der Waals surface area contributed by atoms with E-state index in [2.05, 4.69) is 13.2 Å². The highest BCUT2D eigenvalue weighted by Gasteiger charge is 2.70. The summed E-state index contributed by atoms with van der Waals surface area (Å²) in [5, 5.41) is 19.7. The summed E-state index contributed by atoms with van der Waals surface area (Å²) in [7, 11) is 0. The first-order chi connectivity index (χ1) is 13.2. The number of carbonyl (C=O) groups excluding carboxylic acids is 2. The summed E-state index contributed by atoms with van der Waals surface area (Å²) < 4.78 is 17.5. The molecule has 0 bridgehead atoms. The fourth-order valence-electron chi connectivity index (χ4n) is 5.81. The van der Waals surface area contributed by atoms with Gasteiger partial charge in [0.25, 0.3) is 0 Å². The van der Waals surface area contributed by atoms with Crippen molar-refractivity contribution in [3.8, 4) is 0 Å². The molecule has 0 amide bonds. The van der Waals surface area contributed by atoms with Crippen LogP contribution in [-0.2, 0) is 23.8 Å². The first-order valence-corrected chi connectivity index (χ1v) is 9.93. The molecule has 4 fully saturated rings. The molecule has 0 radical (unpaired) electrons. The molecule has 154 valence electrons. The van der Waals surface area contributed by atoms with Crippen molar-refractivity contribution in [2.45, 2.75) is 63.1 Å². The maximum absolute atomic E-state index is 12.9. The average Bonchev–Trinajstić information content (AvgIpc) is 3.04. The van der Waals surface area contributed by atoms with Crippen LogP contribution in [0, 0.1) is 23.7 Å². The number of esters is 2. The van der Waals surface area contributed by atoms with Crippen LogP contribution in [0.1, 0.15) is 33.1 Å². The summed E-state index contributed by atoms with van der Waals surface area (Å²) in [5.74, 6) is -1.77. The maximum atomic E-state index is 12.9. The lowest BCUT2D eigenvalue weighted by atomic mass is 9.71. The lowest BCUT2D eigenvalue weighted by Gasteiger charge is -2.46. The van der Waals surface area contributed by atoms with E-state index in [-0.39, 0.29) is 29.4 Å². The van der Waals surface area contributed by atoms with E-state index in [1.165, 1.54) is 0 Å². The monoisotopic (exact) mass is 392 g/mol. The van der Waals surface area contributed by atoms with Gasteiger partial charge in [0.15, 0.2) is 5.60 Å². The molecule has 2 aliphatic heterocycles. The lowest BCUT2D eigenvalue weighted by Crippen LogP contribution is -2.61. The van der Waals surface area contributed by atoms with Crippen LogP contribution in [0.4, 0.5) is 0 Å². The zero-order chi connectivity index (χ0) is 20.4. The topological polar surface area (TPSA) is 102 Å². The van der Waals surface area contributed by atoms with E-state index in [1.54, 1.807) is 0 Å². The minimum absolute atomic E-state index is 0.0114. The smallest absolute Gasteiger partial charge is 0.339 e. The van der Waals surface area contributed by atoms with Crippen molar-refractivity contribution in [1.82, 2.24) is 0 Å². The van der Waals surface area contributed by atoms with Gasteiger partial charge >= 0.3 is 11.9 Å². The van der Waals surface area contributed by atoms with Gasteiger partial charge in [-0.3, -0.25) is 0 Å². The molecule has 7 heteroatoms. The van der Waals surface area contributed by atoms with Crippen LogP contribution in [0.5, 0.6) is 0 Å². The van der Waals surface area contributed by atoms with Gasteiger partial charge in [0.1, 0.15) is 12.2 Å². The van der Waals surface area contributed by atoms with Crippen molar-refractivity contribution in [2.75, 3.05) is 6.61 Å². The Morgan fingerprint density at radius 2 is 2.07 bits per heavy atom. The van der Waals surface area contributed by atoms with E-state index in [0.29, 0.717) is 19.3 Å². The predicted molar refractivity (Wildman–Crippen MR) is 97.9 cm³/mol. The third-order valence-electron chi connectivity index (χ3n) is 7.16. The van der Waals surface area contributed by atoms with Gasteiger partial charge in [-0.1, -0.05) is 25.7 Å². The fourth-order valence-corrected chi connectivity index (χ4v) is 5.81. The number of hydrogen-bond acceptors (Lipinski definition) is 7. The Morgan fingerprint density at radius 3 is 2.68 bits per heavy atom. The van der Waals surface area contributed by atoms with Crippen LogP contribution in [-0.4, -0.2) is 58.8 Å². The quantitative estimate of drug-likeness (QED) is 0.422. The lowest BCUT2D eigenvalue weighted by molar-refractivity contribution is -0.228. The Morgan fingerprint density at radius 1 is 1.39 bits per heavy atom. The molecule has 7 nitrogen and oxygen atoms in total. The Bertz CT molecular complexity index is 722. The minimum atomic E-state index is -1.13. The van der Waals surface area contributed by atoms with Gasteiger partial charge in [-0.2, -0.15) is 0 Å². The second kappa shape index (κ2) is 6.68. The first-order valence-electron chi connectivity index (χ1n) is 9.93. The number of hydrogen-bond donors (Lipinski definition) is 2. The van der Waals surface area contributed by atoms with Crippen LogP contribution in [0.2, 0.25) is 0 Å². The molecular weight excluding hydrogens is 364 g/mol. The van der Waals surface area contributed by atoms with Crippen molar-refractivity contribution >= 4 is 11.9 Å². The Balaban J connectivity index is 1.73. The van der Waals surface area contributed by atoms with Crippen LogP contribution >= 0.6 is 0 Å². The third-order valence-corrected chi connectivity index (χ3v) is 7.16. The summed E-state index contributed by atoms with van der Waals surface area (Å²) in [5.41, 5.74) is -0.288. The van der Waals surface area contributed by atoms with Crippen molar-refractivity contribution in [3.63, 3.8) is 0 Å². The summed E-state index contributed by atoms with van der Waals surface area (Å²) in [6.45, 7) is 11.1. The molecule has 2 N–H and O–H groups in total. The molecule has 4 aliphatic rings. The van der Waals surface area contributed by atoms with Gasteiger partial charge < -0.3 is 24.4 Å². The van der Waals surface area contributed by atoms with Crippen LogP contribution < -0.4 is 0 Å². The highest BCUT2D eigenvalue weighted by Crippen LogP contribution is 2.58. The Hall–Kier alpha value is -1.70. The molecule has 9 atom stereocenters. The molecule has 0 aromatic heterocycles. The molecule has 2 saturated carbocycles.